The lowest BCUT2D eigenvalue weighted by Gasteiger charge is -2.36. The fraction of sp³-hybridized carbons (Fsp3) is 0.364. The molecule has 1 saturated heterocycles. The van der Waals surface area contributed by atoms with Crippen LogP contribution in [0.15, 0.2) is 48.5 Å². The topological polar surface area (TPSA) is 52.7 Å². The number of carbonyl (C=O) groups excluding carboxylic acids is 2. The van der Waals surface area contributed by atoms with Gasteiger partial charge >= 0.3 is 0 Å². The van der Waals surface area contributed by atoms with Crippen molar-refractivity contribution in [2.75, 3.05) is 36.4 Å². The van der Waals surface area contributed by atoms with E-state index in [1.165, 1.54) is 0 Å². The number of nitrogens with one attached hydrogen (secondary N) is 1. The minimum absolute atomic E-state index is 0.0507. The Bertz CT molecular complexity index is 893. The number of halogens is 1. The lowest BCUT2D eigenvalue weighted by Crippen LogP contribution is -2.49. The number of anilines is 2. The van der Waals surface area contributed by atoms with Gasteiger partial charge in [-0.3, -0.25) is 9.59 Å². The number of para-hydroxylation sites is 1. The van der Waals surface area contributed by atoms with Crippen molar-refractivity contribution in [2.45, 2.75) is 13.3 Å². The highest BCUT2D eigenvalue weighted by Crippen LogP contribution is 2.41. The molecular formula is C22H24ClN3O2. The number of hydrogen-bond donors (Lipinski definition) is 1. The highest BCUT2D eigenvalue weighted by molar-refractivity contribution is 6.30. The molecule has 2 amide bonds. The zero-order chi connectivity index (χ0) is 19.7. The minimum atomic E-state index is -0.210. The first-order chi connectivity index (χ1) is 13.5. The van der Waals surface area contributed by atoms with Gasteiger partial charge in [0.05, 0.1) is 11.8 Å². The maximum Gasteiger partial charge on any atom is 0.228 e. The maximum absolute atomic E-state index is 12.8. The Kier molecular flexibility index (Phi) is 5.27. The van der Waals surface area contributed by atoms with Gasteiger partial charge in [-0.2, -0.15) is 0 Å². The molecule has 1 heterocycles. The van der Waals surface area contributed by atoms with Crippen LogP contribution in [0.1, 0.15) is 12.0 Å². The Balaban J connectivity index is 1.29. The van der Waals surface area contributed by atoms with Crippen molar-refractivity contribution in [3.8, 4) is 0 Å². The fourth-order valence-electron chi connectivity index (χ4n) is 3.79. The Morgan fingerprint density at radius 2 is 1.75 bits per heavy atom. The molecule has 5 nitrogen and oxygen atoms in total. The van der Waals surface area contributed by atoms with Crippen molar-refractivity contribution in [3.63, 3.8) is 0 Å². The summed E-state index contributed by atoms with van der Waals surface area (Å²) >= 11 is 6.08. The van der Waals surface area contributed by atoms with E-state index in [1.54, 1.807) is 0 Å². The third-order valence-corrected chi connectivity index (χ3v) is 5.85. The summed E-state index contributed by atoms with van der Waals surface area (Å²) in [5.74, 6) is -0.333. The summed E-state index contributed by atoms with van der Waals surface area (Å²) in [7, 11) is 0. The second-order valence-electron chi connectivity index (χ2n) is 7.55. The maximum atomic E-state index is 12.8. The highest BCUT2D eigenvalue weighted by Gasteiger charge is 2.49. The smallest absolute Gasteiger partial charge is 0.228 e. The molecule has 146 valence electrons. The van der Waals surface area contributed by atoms with Crippen molar-refractivity contribution >= 4 is 34.8 Å². The molecule has 2 aromatic rings. The second kappa shape index (κ2) is 7.84. The second-order valence-corrected chi connectivity index (χ2v) is 7.98. The third-order valence-electron chi connectivity index (χ3n) is 5.61. The number of amides is 2. The van der Waals surface area contributed by atoms with Crippen molar-refractivity contribution < 1.29 is 9.59 Å². The van der Waals surface area contributed by atoms with Gasteiger partial charge in [-0.1, -0.05) is 35.9 Å². The third kappa shape index (κ3) is 3.99. The predicted octanol–water partition coefficient (Wildman–Crippen LogP) is 3.57. The Labute approximate surface area is 170 Å². The summed E-state index contributed by atoms with van der Waals surface area (Å²) in [5, 5.41) is 3.68. The number of carbonyl (C=O) groups is 2. The molecular weight excluding hydrogens is 374 g/mol. The lowest BCUT2D eigenvalue weighted by molar-refractivity contribution is -0.134. The molecule has 0 radical (unpaired) electrons. The van der Waals surface area contributed by atoms with Crippen LogP contribution < -0.4 is 10.2 Å². The number of nitrogens with zero attached hydrogens (tertiary/aromatic N) is 2. The fourth-order valence-corrected chi connectivity index (χ4v) is 3.97. The monoisotopic (exact) mass is 397 g/mol. The predicted molar refractivity (Wildman–Crippen MR) is 112 cm³/mol. The van der Waals surface area contributed by atoms with Gasteiger partial charge in [0.2, 0.25) is 11.8 Å². The molecule has 6 heteroatoms. The number of benzene rings is 2. The van der Waals surface area contributed by atoms with Gasteiger partial charge in [-0.25, -0.2) is 0 Å². The molecule has 28 heavy (non-hydrogen) atoms. The van der Waals surface area contributed by atoms with Crippen molar-refractivity contribution in [3.05, 3.63) is 59.1 Å². The van der Waals surface area contributed by atoms with E-state index in [2.05, 4.69) is 10.2 Å². The van der Waals surface area contributed by atoms with E-state index in [4.69, 9.17) is 11.6 Å². The van der Waals surface area contributed by atoms with E-state index in [0.717, 1.165) is 35.1 Å². The van der Waals surface area contributed by atoms with Crippen LogP contribution in [0.25, 0.3) is 0 Å². The molecule has 0 bridgehead atoms. The van der Waals surface area contributed by atoms with Crippen LogP contribution in [0.4, 0.5) is 11.4 Å². The summed E-state index contributed by atoms with van der Waals surface area (Å²) in [6, 6.07) is 15.5. The van der Waals surface area contributed by atoms with E-state index >= 15 is 0 Å². The average Bonchev–Trinajstić information content (AvgIpc) is 3.50. The highest BCUT2D eigenvalue weighted by atomic mass is 35.5. The standard InChI is InChI=1S/C22H24ClN3O2/c1-15-5-2-3-8-20(15)24-21(27)18-14-19(18)22(28)26-11-9-25(10-12-26)17-7-4-6-16(23)13-17/h2-8,13,18-19H,9-12,14H2,1H3,(H,24,27). The van der Waals surface area contributed by atoms with Gasteiger partial charge in [-0.15, -0.1) is 0 Å². The molecule has 1 N–H and O–H groups in total. The van der Waals surface area contributed by atoms with E-state index in [1.807, 2.05) is 60.4 Å². The molecule has 2 unspecified atom stereocenters. The summed E-state index contributed by atoms with van der Waals surface area (Å²) < 4.78 is 0. The normalized spacial score (nSPS) is 21.4. The number of aryl methyl sites for hydroxylation is 1. The van der Waals surface area contributed by atoms with Crippen molar-refractivity contribution in [1.29, 1.82) is 0 Å². The van der Waals surface area contributed by atoms with E-state index in [-0.39, 0.29) is 23.7 Å². The van der Waals surface area contributed by atoms with Gasteiger partial charge < -0.3 is 15.1 Å². The molecule has 2 atom stereocenters. The van der Waals surface area contributed by atoms with E-state index in [0.29, 0.717) is 19.5 Å². The van der Waals surface area contributed by atoms with Crippen LogP contribution in [0.5, 0.6) is 0 Å². The Morgan fingerprint density at radius 3 is 2.46 bits per heavy atom. The first kappa shape index (κ1) is 18.8. The zero-order valence-corrected chi connectivity index (χ0v) is 16.7. The number of rotatable bonds is 4. The van der Waals surface area contributed by atoms with Gasteiger partial charge in [0.15, 0.2) is 0 Å². The number of piperazine rings is 1. The molecule has 2 aliphatic rings. The molecule has 4 rings (SSSR count). The molecule has 2 aromatic carbocycles. The molecule has 0 aromatic heterocycles. The van der Waals surface area contributed by atoms with Crippen LogP contribution in [0, 0.1) is 18.8 Å². The summed E-state index contributed by atoms with van der Waals surface area (Å²) in [5.41, 5.74) is 2.93. The van der Waals surface area contributed by atoms with Crippen LogP contribution in [-0.4, -0.2) is 42.9 Å². The van der Waals surface area contributed by atoms with Crippen LogP contribution in [0.2, 0.25) is 5.02 Å². The SMILES string of the molecule is Cc1ccccc1NC(=O)C1CC1C(=O)N1CCN(c2cccc(Cl)c2)CC1. The lowest BCUT2D eigenvalue weighted by atomic mass is 10.2. The molecule has 1 aliphatic carbocycles. The van der Waals surface area contributed by atoms with Crippen LogP contribution in [0.3, 0.4) is 0 Å². The Hall–Kier alpha value is -2.53. The molecule has 1 aliphatic heterocycles. The van der Waals surface area contributed by atoms with Gasteiger partial charge in [0, 0.05) is 42.6 Å². The van der Waals surface area contributed by atoms with Crippen LogP contribution in [-0.2, 0) is 9.59 Å². The van der Waals surface area contributed by atoms with Gasteiger partial charge in [-0.05, 0) is 43.2 Å². The minimum Gasteiger partial charge on any atom is -0.368 e. The van der Waals surface area contributed by atoms with Crippen LogP contribution >= 0.6 is 11.6 Å². The molecule has 2 fully saturated rings. The first-order valence-corrected chi connectivity index (χ1v) is 10.1. The van der Waals surface area contributed by atoms with E-state index in [9.17, 15) is 9.59 Å². The van der Waals surface area contributed by atoms with Crippen molar-refractivity contribution in [2.24, 2.45) is 11.8 Å². The summed E-state index contributed by atoms with van der Waals surface area (Å²) in [6.45, 7) is 4.87. The quantitative estimate of drug-likeness (QED) is 0.858. The average molecular weight is 398 g/mol. The molecule has 0 spiro atoms. The number of hydrogen-bond acceptors (Lipinski definition) is 3. The first-order valence-electron chi connectivity index (χ1n) is 9.69. The Morgan fingerprint density at radius 1 is 1.00 bits per heavy atom. The van der Waals surface area contributed by atoms with Crippen molar-refractivity contribution in [1.82, 2.24) is 4.90 Å². The summed E-state index contributed by atoms with van der Waals surface area (Å²) in [4.78, 5) is 29.4. The van der Waals surface area contributed by atoms with Gasteiger partial charge in [0.1, 0.15) is 0 Å². The van der Waals surface area contributed by atoms with Gasteiger partial charge in [0.25, 0.3) is 0 Å². The zero-order valence-electron chi connectivity index (χ0n) is 15.9. The largest absolute Gasteiger partial charge is 0.368 e. The van der Waals surface area contributed by atoms with E-state index < -0.39 is 0 Å². The summed E-state index contributed by atoms with van der Waals surface area (Å²) in [6.07, 6.45) is 0.644. The molecule has 1 saturated carbocycles.